The van der Waals surface area contributed by atoms with Crippen LogP contribution in [0, 0.1) is 0 Å². The Kier molecular flexibility index (Phi) is 14.4. The number of nitrogens with one attached hydrogen (secondary N) is 4. The van der Waals surface area contributed by atoms with Crippen LogP contribution < -0.4 is 10.6 Å². The Labute approximate surface area is 409 Å². The van der Waals surface area contributed by atoms with E-state index in [-0.39, 0.29) is 36.1 Å². The molecule has 4 aromatic carbocycles. The van der Waals surface area contributed by atoms with Gasteiger partial charge >= 0.3 is 12.2 Å². The van der Waals surface area contributed by atoms with E-state index in [9.17, 15) is 19.2 Å². The fraction of sp³-hybridized carbons (Fsp3) is 0.393. The summed E-state index contributed by atoms with van der Waals surface area (Å²) in [6.45, 7) is 1.12. The number of nitrogens with zero attached hydrogens (tertiary/aromatic N) is 4. The quantitative estimate of drug-likeness (QED) is 0.0885. The number of benzene rings is 4. The minimum absolute atomic E-state index is 0.121. The highest BCUT2D eigenvalue weighted by molar-refractivity contribution is 5.88. The summed E-state index contributed by atoms with van der Waals surface area (Å²) in [6.07, 6.45) is 15.3. The maximum absolute atomic E-state index is 14.3. The Balaban J connectivity index is 0.778. The molecule has 0 bridgehead atoms. The van der Waals surface area contributed by atoms with Gasteiger partial charge in [-0.3, -0.25) is 9.59 Å². The molecule has 2 aromatic heterocycles. The van der Waals surface area contributed by atoms with E-state index in [1.165, 1.54) is 0 Å². The average molecular weight is 943 g/mol. The van der Waals surface area contributed by atoms with E-state index in [0.717, 1.165) is 124 Å². The molecule has 2 saturated carbocycles. The molecule has 6 aromatic rings. The predicted molar refractivity (Wildman–Crippen MR) is 266 cm³/mol. The second-order valence-corrected chi connectivity index (χ2v) is 19.2. The summed E-state index contributed by atoms with van der Waals surface area (Å²) in [5, 5.41) is 5.83. The minimum Gasteiger partial charge on any atom is -0.446 e. The van der Waals surface area contributed by atoms with Crippen LogP contribution in [-0.2, 0) is 19.1 Å². The molecule has 10 rings (SSSR count). The number of aromatic nitrogens is 4. The van der Waals surface area contributed by atoms with E-state index < -0.39 is 24.3 Å². The number of alkyl carbamates (subject to hydrolysis) is 2. The van der Waals surface area contributed by atoms with Gasteiger partial charge in [0.1, 0.15) is 35.9 Å². The fourth-order valence-corrected chi connectivity index (χ4v) is 10.8. The van der Waals surface area contributed by atoms with Crippen molar-refractivity contribution in [2.45, 2.75) is 126 Å². The van der Waals surface area contributed by atoms with Gasteiger partial charge in [0.05, 0.1) is 35.9 Å². The lowest BCUT2D eigenvalue weighted by Crippen LogP contribution is -2.43. The van der Waals surface area contributed by atoms with E-state index >= 15 is 0 Å². The van der Waals surface area contributed by atoms with E-state index in [4.69, 9.17) is 19.4 Å². The first-order chi connectivity index (χ1) is 34.3. The highest BCUT2D eigenvalue weighted by atomic mass is 16.6. The van der Waals surface area contributed by atoms with Gasteiger partial charge in [-0.15, -0.1) is 0 Å². The Morgan fingerprint density at radius 1 is 0.471 bits per heavy atom. The number of carbonyl (C=O) groups excluding carboxylic acids is 4. The number of hydrogen-bond donors (Lipinski definition) is 4. The minimum atomic E-state index is -0.876. The zero-order chi connectivity index (χ0) is 47.8. The number of hydrogen-bond acceptors (Lipinski definition) is 8. The third-order valence-electron chi connectivity index (χ3n) is 14.6. The standard InChI is InChI=1S/C56H62N8O6/c65-53(49(41-15-5-1-6-16-41)61-55(67)69-43-19-9-3-10-20-43)63-33-13-23-47(63)51-57-35-45(59-51)39-29-25-37(26-30-39)38-27-31-40(32-28-38)46-36-58-52(60-46)48-24-14-34-64(48)54(66)50(42-17-7-2-8-18-42)62-56(68)70-44-21-11-4-12-22-44/h1-2,5-8,15-18,25-32,35-36,43-44,47-50H,3-4,9-14,19-24,33-34H2,(H,57,59)(H,58,60)(H,61,67)(H,62,68)/t47-,48-,49+,50+/m0/s1. The van der Waals surface area contributed by atoms with E-state index in [1.54, 1.807) is 0 Å². The van der Waals surface area contributed by atoms with Gasteiger partial charge in [0.25, 0.3) is 11.8 Å². The van der Waals surface area contributed by atoms with Crippen molar-refractivity contribution in [3.05, 3.63) is 144 Å². The maximum atomic E-state index is 14.3. The lowest BCUT2D eigenvalue weighted by atomic mass is 9.98. The van der Waals surface area contributed by atoms with Gasteiger partial charge in [-0.2, -0.15) is 0 Å². The molecule has 2 aliphatic heterocycles. The second-order valence-electron chi connectivity index (χ2n) is 19.2. The van der Waals surface area contributed by atoms with Gasteiger partial charge in [0.2, 0.25) is 0 Å². The summed E-state index contributed by atoms with van der Waals surface area (Å²) >= 11 is 0. The van der Waals surface area contributed by atoms with Crippen molar-refractivity contribution in [1.82, 2.24) is 40.4 Å². The van der Waals surface area contributed by atoms with Crippen molar-refractivity contribution < 1.29 is 28.7 Å². The number of likely N-dealkylation sites (tertiary alicyclic amines) is 2. The van der Waals surface area contributed by atoms with Crippen molar-refractivity contribution in [2.75, 3.05) is 13.1 Å². The second kappa shape index (κ2) is 21.6. The van der Waals surface area contributed by atoms with Crippen LogP contribution in [0.4, 0.5) is 9.59 Å². The largest absolute Gasteiger partial charge is 0.446 e. The van der Waals surface area contributed by atoms with Crippen molar-refractivity contribution >= 4 is 24.0 Å². The lowest BCUT2D eigenvalue weighted by molar-refractivity contribution is -0.135. The molecule has 0 unspecified atom stereocenters. The summed E-state index contributed by atoms with van der Waals surface area (Å²) in [4.78, 5) is 75.2. The smallest absolute Gasteiger partial charge is 0.408 e. The first kappa shape index (κ1) is 46.5. The molecule has 4 amide bonds. The Morgan fingerprint density at radius 3 is 1.23 bits per heavy atom. The first-order valence-corrected chi connectivity index (χ1v) is 25.3. The summed E-state index contributed by atoms with van der Waals surface area (Å²) in [5.74, 6) is 1.07. The lowest BCUT2D eigenvalue weighted by Gasteiger charge is -2.29. The number of aromatic amines is 2. The topological polar surface area (TPSA) is 175 Å². The van der Waals surface area contributed by atoms with Gasteiger partial charge in [0, 0.05) is 13.1 Å². The molecule has 4 heterocycles. The molecule has 4 aliphatic rings. The van der Waals surface area contributed by atoms with Gasteiger partial charge in [-0.25, -0.2) is 19.6 Å². The van der Waals surface area contributed by atoms with Crippen molar-refractivity contribution in [1.29, 1.82) is 0 Å². The fourth-order valence-electron chi connectivity index (χ4n) is 10.8. The van der Waals surface area contributed by atoms with Crippen molar-refractivity contribution in [3.63, 3.8) is 0 Å². The number of imidazole rings is 2. The number of H-pyrrole nitrogens is 2. The Morgan fingerprint density at radius 2 is 0.843 bits per heavy atom. The van der Waals surface area contributed by atoms with Gasteiger partial charge in [-0.1, -0.05) is 122 Å². The third-order valence-corrected chi connectivity index (χ3v) is 14.6. The Bertz CT molecular complexity index is 2520. The molecule has 2 aliphatic carbocycles. The van der Waals surface area contributed by atoms with Crippen LogP contribution in [0.3, 0.4) is 0 Å². The number of rotatable bonds is 13. The summed E-state index contributed by atoms with van der Waals surface area (Å²) < 4.78 is 11.6. The molecule has 362 valence electrons. The van der Waals surface area contributed by atoms with E-state index in [2.05, 4.69) is 69.1 Å². The molecule has 4 fully saturated rings. The van der Waals surface area contributed by atoms with E-state index in [0.29, 0.717) is 35.9 Å². The molecular formula is C56H62N8O6. The summed E-state index contributed by atoms with van der Waals surface area (Å²) in [5.41, 5.74) is 7.18. The zero-order valence-electron chi connectivity index (χ0n) is 39.6. The monoisotopic (exact) mass is 942 g/mol. The number of amides is 4. The maximum Gasteiger partial charge on any atom is 0.408 e. The van der Waals surface area contributed by atoms with Crippen LogP contribution in [0.5, 0.6) is 0 Å². The SMILES string of the molecule is O=C(N[C@@H](C(=O)N1CCC[C@H]1c1ncc(-c2ccc(-c3ccc(-c4cnc([C@@H]5CCCN5C(=O)[C@H](NC(=O)OC5CCCCC5)c5ccccc5)[nH]4)cc3)cc2)[nH]1)c1ccccc1)OC1CCCCC1. The van der Waals surface area contributed by atoms with Crippen molar-refractivity contribution in [2.24, 2.45) is 0 Å². The van der Waals surface area contributed by atoms with Crippen molar-refractivity contribution in [3.8, 4) is 33.6 Å². The van der Waals surface area contributed by atoms with Crippen LogP contribution in [-0.4, -0.2) is 79.0 Å². The molecule has 14 heteroatoms. The summed E-state index contributed by atoms with van der Waals surface area (Å²) in [6, 6.07) is 33.1. The molecule has 70 heavy (non-hydrogen) atoms. The Hall–Kier alpha value is -7.22. The molecular weight excluding hydrogens is 881 g/mol. The average Bonchev–Trinajstić information content (AvgIpc) is 4.27. The molecule has 0 spiro atoms. The first-order valence-electron chi connectivity index (χ1n) is 25.3. The third kappa shape index (κ3) is 10.7. The van der Waals surface area contributed by atoms with Crippen LogP contribution in [0.2, 0.25) is 0 Å². The predicted octanol–water partition coefficient (Wildman–Crippen LogP) is 11.1. The van der Waals surface area contributed by atoms with Gasteiger partial charge in [-0.05, 0) is 110 Å². The van der Waals surface area contributed by atoms with Crippen LogP contribution >= 0.6 is 0 Å². The van der Waals surface area contributed by atoms with Gasteiger partial charge in [0.15, 0.2) is 0 Å². The highest BCUT2D eigenvalue weighted by Crippen LogP contribution is 2.37. The van der Waals surface area contributed by atoms with Crippen LogP contribution in [0.15, 0.2) is 122 Å². The van der Waals surface area contributed by atoms with Crippen LogP contribution in [0.1, 0.15) is 137 Å². The summed E-state index contributed by atoms with van der Waals surface area (Å²) in [7, 11) is 0. The van der Waals surface area contributed by atoms with Crippen LogP contribution in [0.25, 0.3) is 33.6 Å². The zero-order valence-corrected chi connectivity index (χ0v) is 39.6. The number of ether oxygens (including phenoxy) is 2. The normalized spacial score (nSPS) is 19.6. The van der Waals surface area contributed by atoms with E-state index in [1.807, 2.05) is 82.9 Å². The highest BCUT2D eigenvalue weighted by Gasteiger charge is 2.39. The molecule has 0 radical (unpaired) electrons. The van der Waals surface area contributed by atoms with Gasteiger partial charge < -0.3 is 39.9 Å². The molecule has 4 N–H and O–H groups in total. The molecule has 4 atom stereocenters. The number of carbonyl (C=O) groups is 4. The molecule has 14 nitrogen and oxygen atoms in total. The molecule has 2 saturated heterocycles.